The second-order valence-electron chi connectivity index (χ2n) is 3.87. The van der Waals surface area contributed by atoms with Gasteiger partial charge in [0, 0.05) is 6.04 Å². The van der Waals surface area contributed by atoms with Crippen molar-refractivity contribution in [1.82, 2.24) is 5.32 Å². The van der Waals surface area contributed by atoms with E-state index in [4.69, 9.17) is 4.74 Å². The number of rotatable bonds is 2. The molecule has 0 spiro atoms. The zero-order valence-electron chi connectivity index (χ0n) is 8.84. The molecule has 1 aromatic rings. The standard InChI is InChI=1S/C12H17NO/c1-9-8-10(14-2)5-6-11(9)12-4-3-7-13-12/h5-6,8,12-13H,3-4,7H2,1-2H3. The van der Waals surface area contributed by atoms with Crippen molar-refractivity contribution >= 4 is 0 Å². The van der Waals surface area contributed by atoms with E-state index in [0.717, 1.165) is 12.3 Å². The molecule has 1 fully saturated rings. The van der Waals surface area contributed by atoms with Crippen LogP contribution in [0.4, 0.5) is 0 Å². The van der Waals surface area contributed by atoms with E-state index in [1.165, 1.54) is 24.0 Å². The molecule has 1 aliphatic rings. The molecule has 0 bridgehead atoms. The monoisotopic (exact) mass is 191 g/mol. The number of aryl methyl sites for hydroxylation is 1. The van der Waals surface area contributed by atoms with Crippen LogP contribution in [0.5, 0.6) is 5.75 Å². The molecule has 76 valence electrons. The Kier molecular flexibility index (Phi) is 2.73. The fourth-order valence-electron chi connectivity index (χ4n) is 2.12. The highest BCUT2D eigenvalue weighted by Gasteiger charge is 2.17. The molecule has 2 nitrogen and oxygen atoms in total. The first kappa shape index (κ1) is 9.53. The Balaban J connectivity index is 2.25. The summed E-state index contributed by atoms with van der Waals surface area (Å²) in [5, 5.41) is 3.51. The van der Waals surface area contributed by atoms with Crippen LogP contribution >= 0.6 is 0 Å². The van der Waals surface area contributed by atoms with Crippen LogP contribution in [-0.2, 0) is 0 Å². The number of benzene rings is 1. The summed E-state index contributed by atoms with van der Waals surface area (Å²) in [5.41, 5.74) is 2.74. The van der Waals surface area contributed by atoms with Gasteiger partial charge in [0.15, 0.2) is 0 Å². The van der Waals surface area contributed by atoms with Gasteiger partial charge in [0.2, 0.25) is 0 Å². The van der Waals surface area contributed by atoms with E-state index in [9.17, 15) is 0 Å². The predicted octanol–water partition coefficient (Wildman–Crippen LogP) is 2.43. The van der Waals surface area contributed by atoms with E-state index in [2.05, 4.69) is 24.4 Å². The Morgan fingerprint density at radius 1 is 1.43 bits per heavy atom. The third-order valence-corrected chi connectivity index (χ3v) is 2.91. The van der Waals surface area contributed by atoms with Gasteiger partial charge in [0.05, 0.1) is 7.11 Å². The van der Waals surface area contributed by atoms with Crippen LogP contribution in [0.25, 0.3) is 0 Å². The van der Waals surface area contributed by atoms with Crippen molar-refractivity contribution in [2.45, 2.75) is 25.8 Å². The van der Waals surface area contributed by atoms with Crippen LogP contribution in [0.15, 0.2) is 18.2 Å². The smallest absolute Gasteiger partial charge is 0.119 e. The largest absolute Gasteiger partial charge is 0.497 e. The van der Waals surface area contributed by atoms with Crippen LogP contribution in [0.1, 0.15) is 30.0 Å². The summed E-state index contributed by atoms with van der Waals surface area (Å²) in [6, 6.07) is 6.88. The first-order chi connectivity index (χ1) is 6.81. The van der Waals surface area contributed by atoms with Crippen molar-refractivity contribution < 1.29 is 4.74 Å². The quantitative estimate of drug-likeness (QED) is 0.775. The first-order valence-corrected chi connectivity index (χ1v) is 5.19. The Labute approximate surface area is 85.3 Å². The second kappa shape index (κ2) is 4.01. The van der Waals surface area contributed by atoms with Crippen molar-refractivity contribution in [2.24, 2.45) is 0 Å². The summed E-state index contributed by atoms with van der Waals surface area (Å²) < 4.78 is 5.19. The van der Waals surface area contributed by atoms with E-state index in [1.807, 2.05) is 6.07 Å². The van der Waals surface area contributed by atoms with Crippen LogP contribution in [-0.4, -0.2) is 13.7 Å². The van der Waals surface area contributed by atoms with Gasteiger partial charge in [-0.25, -0.2) is 0 Å². The Hall–Kier alpha value is -1.02. The molecule has 0 aliphatic carbocycles. The lowest BCUT2D eigenvalue weighted by Gasteiger charge is -2.14. The molecule has 2 rings (SSSR count). The van der Waals surface area contributed by atoms with Gasteiger partial charge in [-0.05, 0) is 49.6 Å². The molecule has 1 heterocycles. The molecule has 2 heteroatoms. The molecule has 0 amide bonds. The second-order valence-corrected chi connectivity index (χ2v) is 3.87. The Bertz CT molecular complexity index is 316. The molecule has 0 aromatic heterocycles. The van der Waals surface area contributed by atoms with E-state index in [0.29, 0.717) is 6.04 Å². The normalized spacial score (nSPS) is 21.1. The number of hydrogen-bond acceptors (Lipinski definition) is 2. The maximum absolute atomic E-state index is 5.19. The maximum Gasteiger partial charge on any atom is 0.119 e. The fraction of sp³-hybridized carbons (Fsp3) is 0.500. The summed E-state index contributed by atoms with van der Waals surface area (Å²) in [6.45, 7) is 3.30. The minimum atomic E-state index is 0.556. The maximum atomic E-state index is 5.19. The average molecular weight is 191 g/mol. The Morgan fingerprint density at radius 2 is 2.29 bits per heavy atom. The number of hydrogen-bond donors (Lipinski definition) is 1. The number of methoxy groups -OCH3 is 1. The molecule has 1 unspecified atom stereocenters. The summed E-state index contributed by atoms with van der Waals surface area (Å²) in [7, 11) is 1.71. The molecule has 1 atom stereocenters. The SMILES string of the molecule is COc1ccc(C2CCCN2)c(C)c1. The van der Waals surface area contributed by atoms with Crippen molar-refractivity contribution in [3.63, 3.8) is 0 Å². The van der Waals surface area contributed by atoms with E-state index in [-0.39, 0.29) is 0 Å². The van der Waals surface area contributed by atoms with Crippen LogP contribution in [0.3, 0.4) is 0 Å². The molecule has 1 aliphatic heterocycles. The molecule has 0 radical (unpaired) electrons. The Morgan fingerprint density at radius 3 is 2.86 bits per heavy atom. The minimum Gasteiger partial charge on any atom is -0.497 e. The van der Waals surface area contributed by atoms with E-state index in [1.54, 1.807) is 7.11 Å². The third-order valence-electron chi connectivity index (χ3n) is 2.91. The zero-order valence-corrected chi connectivity index (χ0v) is 8.84. The van der Waals surface area contributed by atoms with Crippen molar-refractivity contribution in [1.29, 1.82) is 0 Å². The minimum absolute atomic E-state index is 0.556. The molecule has 1 aromatic carbocycles. The van der Waals surface area contributed by atoms with Gasteiger partial charge < -0.3 is 10.1 Å². The van der Waals surface area contributed by atoms with Gasteiger partial charge in [-0.1, -0.05) is 6.07 Å². The summed E-state index contributed by atoms with van der Waals surface area (Å²) in [5.74, 6) is 0.948. The zero-order chi connectivity index (χ0) is 9.97. The van der Waals surface area contributed by atoms with Crippen LogP contribution < -0.4 is 10.1 Å². The van der Waals surface area contributed by atoms with Gasteiger partial charge in [-0.15, -0.1) is 0 Å². The third kappa shape index (κ3) is 1.75. The fourth-order valence-corrected chi connectivity index (χ4v) is 2.12. The lowest BCUT2D eigenvalue weighted by atomic mass is 10.00. The van der Waals surface area contributed by atoms with Gasteiger partial charge >= 0.3 is 0 Å². The number of nitrogens with one attached hydrogen (secondary N) is 1. The summed E-state index contributed by atoms with van der Waals surface area (Å²) in [4.78, 5) is 0. The van der Waals surface area contributed by atoms with Crippen molar-refractivity contribution in [3.8, 4) is 5.75 Å². The predicted molar refractivity (Wildman–Crippen MR) is 57.7 cm³/mol. The molecular formula is C12H17NO. The van der Waals surface area contributed by atoms with E-state index < -0.39 is 0 Å². The van der Waals surface area contributed by atoms with E-state index >= 15 is 0 Å². The van der Waals surface area contributed by atoms with Gasteiger partial charge in [-0.3, -0.25) is 0 Å². The molecular weight excluding hydrogens is 174 g/mol. The summed E-state index contributed by atoms with van der Waals surface area (Å²) in [6.07, 6.45) is 2.54. The molecule has 14 heavy (non-hydrogen) atoms. The molecule has 0 saturated carbocycles. The number of ether oxygens (including phenoxy) is 1. The van der Waals surface area contributed by atoms with Crippen molar-refractivity contribution in [3.05, 3.63) is 29.3 Å². The van der Waals surface area contributed by atoms with Crippen LogP contribution in [0, 0.1) is 6.92 Å². The lowest BCUT2D eigenvalue weighted by molar-refractivity contribution is 0.414. The summed E-state index contributed by atoms with van der Waals surface area (Å²) >= 11 is 0. The topological polar surface area (TPSA) is 21.3 Å². The van der Waals surface area contributed by atoms with Gasteiger partial charge in [-0.2, -0.15) is 0 Å². The highest BCUT2D eigenvalue weighted by Crippen LogP contribution is 2.27. The van der Waals surface area contributed by atoms with Gasteiger partial charge in [0.1, 0.15) is 5.75 Å². The molecule has 1 saturated heterocycles. The first-order valence-electron chi connectivity index (χ1n) is 5.19. The van der Waals surface area contributed by atoms with Gasteiger partial charge in [0.25, 0.3) is 0 Å². The van der Waals surface area contributed by atoms with Crippen molar-refractivity contribution in [2.75, 3.05) is 13.7 Å². The van der Waals surface area contributed by atoms with Crippen LogP contribution in [0.2, 0.25) is 0 Å². The average Bonchev–Trinajstić information content (AvgIpc) is 2.70. The highest BCUT2D eigenvalue weighted by atomic mass is 16.5. The molecule has 1 N–H and O–H groups in total. The lowest BCUT2D eigenvalue weighted by Crippen LogP contribution is -2.13. The highest BCUT2D eigenvalue weighted by molar-refractivity contribution is 5.36.